The van der Waals surface area contributed by atoms with Crippen LogP contribution in [0.4, 0.5) is 5.69 Å². The average Bonchev–Trinajstić information content (AvgIpc) is 2.90. The maximum Gasteiger partial charge on any atom is 0.264 e. The van der Waals surface area contributed by atoms with E-state index in [0.717, 1.165) is 21.9 Å². The lowest BCUT2D eigenvalue weighted by molar-refractivity contribution is -0.120. The molecular weight excluding hydrogens is 464 g/mol. The van der Waals surface area contributed by atoms with Crippen LogP contribution in [0.1, 0.15) is 37.4 Å². The van der Waals surface area contributed by atoms with E-state index in [0.29, 0.717) is 23.6 Å². The molecule has 0 aromatic heterocycles. The van der Waals surface area contributed by atoms with Gasteiger partial charge in [0.2, 0.25) is 5.91 Å². The molecule has 0 saturated heterocycles. The molecule has 8 heteroatoms. The van der Waals surface area contributed by atoms with Crippen LogP contribution in [0.15, 0.2) is 77.7 Å². The van der Waals surface area contributed by atoms with Gasteiger partial charge in [0.15, 0.2) is 11.5 Å². The highest BCUT2D eigenvalue weighted by molar-refractivity contribution is 7.92. The Morgan fingerprint density at radius 3 is 2.14 bits per heavy atom. The van der Waals surface area contributed by atoms with Crippen LogP contribution < -0.4 is 19.1 Å². The Balaban J connectivity index is 1.89. The van der Waals surface area contributed by atoms with Crippen molar-refractivity contribution in [3.8, 4) is 11.5 Å². The molecule has 1 atom stereocenters. The molecule has 0 aliphatic heterocycles. The van der Waals surface area contributed by atoms with Gasteiger partial charge in [0, 0.05) is 0 Å². The second-order valence-corrected chi connectivity index (χ2v) is 9.85. The summed E-state index contributed by atoms with van der Waals surface area (Å²) in [6.07, 6.45) is 1.44. The summed E-state index contributed by atoms with van der Waals surface area (Å²) in [7, 11) is -0.846. The van der Waals surface area contributed by atoms with E-state index in [1.807, 2.05) is 38.1 Å². The van der Waals surface area contributed by atoms with Gasteiger partial charge in [-0.3, -0.25) is 9.10 Å². The number of anilines is 1. The van der Waals surface area contributed by atoms with Crippen molar-refractivity contribution in [3.63, 3.8) is 0 Å². The summed E-state index contributed by atoms with van der Waals surface area (Å²) in [4.78, 5) is 13.3. The van der Waals surface area contributed by atoms with Gasteiger partial charge in [0.1, 0.15) is 6.54 Å². The van der Waals surface area contributed by atoms with E-state index in [1.54, 1.807) is 50.6 Å². The number of aryl methyl sites for hydroxylation is 1. The van der Waals surface area contributed by atoms with Gasteiger partial charge in [0.25, 0.3) is 10.0 Å². The Hall–Kier alpha value is -3.52. The maximum atomic E-state index is 13.5. The number of carbonyl (C=O) groups is 1. The van der Waals surface area contributed by atoms with Crippen LogP contribution in [-0.2, 0) is 21.2 Å². The first-order valence-corrected chi connectivity index (χ1v) is 13.0. The van der Waals surface area contributed by atoms with Gasteiger partial charge in [-0.1, -0.05) is 50.2 Å². The molecule has 3 rings (SSSR count). The van der Waals surface area contributed by atoms with Crippen LogP contribution in [0.25, 0.3) is 0 Å². The molecule has 0 spiro atoms. The molecule has 7 nitrogen and oxygen atoms in total. The quantitative estimate of drug-likeness (QED) is 0.415. The lowest BCUT2D eigenvalue weighted by Crippen LogP contribution is -2.42. The Morgan fingerprint density at radius 2 is 1.57 bits per heavy atom. The normalized spacial score (nSPS) is 12.0. The third kappa shape index (κ3) is 6.14. The molecule has 1 amide bonds. The Labute approximate surface area is 207 Å². The van der Waals surface area contributed by atoms with Crippen molar-refractivity contribution < 1.29 is 22.7 Å². The SMILES string of the molecule is CCc1ccc(N(CC(=O)NC(CC)c2ccc(OC)c(OC)c2)S(=O)(=O)c2ccccc2)cc1. The fourth-order valence-corrected chi connectivity index (χ4v) is 5.24. The number of rotatable bonds is 11. The predicted octanol–water partition coefficient (Wildman–Crippen LogP) is 4.73. The molecule has 1 N–H and O–H groups in total. The number of hydrogen-bond donors (Lipinski definition) is 1. The van der Waals surface area contributed by atoms with Gasteiger partial charge >= 0.3 is 0 Å². The third-order valence-electron chi connectivity index (χ3n) is 5.80. The molecule has 3 aromatic rings. The highest BCUT2D eigenvalue weighted by atomic mass is 32.2. The molecule has 0 bridgehead atoms. The molecule has 186 valence electrons. The zero-order valence-corrected chi connectivity index (χ0v) is 21.3. The minimum absolute atomic E-state index is 0.124. The second-order valence-electron chi connectivity index (χ2n) is 7.99. The molecule has 0 radical (unpaired) electrons. The zero-order valence-electron chi connectivity index (χ0n) is 20.5. The minimum Gasteiger partial charge on any atom is -0.493 e. The van der Waals surface area contributed by atoms with Gasteiger partial charge in [0.05, 0.1) is 30.8 Å². The molecule has 35 heavy (non-hydrogen) atoms. The number of benzene rings is 3. The molecule has 0 fully saturated rings. The highest BCUT2D eigenvalue weighted by Crippen LogP contribution is 2.31. The first kappa shape index (κ1) is 26.1. The second kappa shape index (κ2) is 11.8. The van der Waals surface area contributed by atoms with Crippen LogP contribution in [0.5, 0.6) is 11.5 Å². The van der Waals surface area contributed by atoms with Gasteiger partial charge in [-0.05, 0) is 60.4 Å². The lowest BCUT2D eigenvalue weighted by Gasteiger charge is -2.26. The monoisotopic (exact) mass is 496 g/mol. The molecule has 0 aliphatic rings. The summed E-state index contributed by atoms with van der Waals surface area (Å²) < 4.78 is 38.9. The van der Waals surface area contributed by atoms with Crippen molar-refractivity contribution in [3.05, 3.63) is 83.9 Å². The standard InChI is InChI=1S/C27H32N2O5S/c1-5-20-12-15-22(16-13-20)29(35(31,32)23-10-8-7-9-11-23)19-27(30)28-24(6-2)21-14-17-25(33-3)26(18-21)34-4/h7-18,24H,5-6,19H2,1-4H3,(H,28,30). The molecule has 3 aromatic carbocycles. The van der Waals surface area contributed by atoms with Gasteiger partial charge < -0.3 is 14.8 Å². The van der Waals surface area contributed by atoms with Crippen molar-refractivity contribution in [1.82, 2.24) is 5.32 Å². The zero-order chi connectivity index (χ0) is 25.4. The smallest absolute Gasteiger partial charge is 0.264 e. The third-order valence-corrected chi connectivity index (χ3v) is 7.59. The maximum absolute atomic E-state index is 13.5. The molecule has 0 heterocycles. The summed E-state index contributed by atoms with van der Waals surface area (Å²) in [5.41, 5.74) is 2.35. The van der Waals surface area contributed by atoms with E-state index in [1.165, 1.54) is 12.1 Å². The van der Waals surface area contributed by atoms with Crippen molar-refractivity contribution in [2.45, 2.75) is 37.6 Å². The number of carbonyl (C=O) groups excluding carboxylic acids is 1. The molecular formula is C27H32N2O5S. The Bertz CT molecular complexity index is 1230. The van der Waals surface area contributed by atoms with E-state index in [-0.39, 0.29) is 17.5 Å². The summed E-state index contributed by atoms with van der Waals surface area (Å²) in [6.45, 7) is 3.62. The van der Waals surface area contributed by atoms with Crippen molar-refractivity contribution in [2.75, 3.05) is 25.1 Å². The fraction of sp³-hybridized carbons (Fsp3) is 0.296. The summed E-state index contributed by atoms with van der Waals surface area (Å²) in [5.74, 6) is 0.737. The van der Waals surface area contributed by atoms with E-state index >= 15 is 0 Å². The van der Waals surface area contributed by atoms with E-state index in [9.17, 15) is 13.2 Å². The topological polar surface area (TPSA) is 84.9 Å². The van der Waals surface area contributed by atoms with Crippen LogP contribution in [0.3, 0.4) is 0 Å². The lowest BCUT2D eigenvalue weighted by atomic mass is 10.0. The number of methoxy groups -OCH3 is 2. The summed E-state index contributed by atoms with van der Waals surface area (Å²) >= 11 is 0. The number of amides is 1. The first-order chi connectivity index (χ1) is 16.8. The number of sulfonamides is 1. The van der Waals surface area contributed by atoms with Crippen LogP contribution in [-0.4, -0.2) is 35.1 Å². The van der Waals surface area contributed by atoms with E-state index in [2.05, 4.69) is 5.32 Å². The van der Waals surface area contributed by atoms with E-state index in [4.69, 9.17) is 9.47 Å². The largest absolute Gasteiger partial charge is 0.493 e. The molecule has 0 aliphatic carbocycles. The Morgan fingerprint density at radius 1 is 0.914 bits per heavy atom. The number of nitrogens with one attached hydrogen (secondary N) is 1. The van der Waals surface area contributed by atoms with Gasteiger partial charge in [-0.25, -0.2) is 8.42 Å². The average molecular weight is 497 g/mol. The van der Waals surface area contributed by atoms with Crippen molar-refractivity contribution in [2.24, 2.45) is 0 Å². The van der Waals surface area contributed by atoms with Crippen molar-refractivity contribution >= 4 is 21.6 Å². The van der Waals surface area contributed by atoms with Gasteiger partial charge in [-0.2, -0.15) is 0 Å². The number of nitrogens with zero attached hydrogens (tertiary/aromatic N) is 1. The highest BCUT2D eigenvalue weighted by Gasteiger charge is 2.28. The first-order valence-electron chi connectivity index (χ1n) is 11.5. The van der Waals surface area contributed by atoms with Gasteiger partial charge in [-0.15, -0.1) is 0 Å². The Kier molecular flexibility index (Phi) is 8.76. The minimum atomic E-state index is -3.96. The van der Waals surface area contributed by atoms with Crippen LogP contribution in [0, 0.1) is 0 Å². The van der Waals surface area contributed by atoms with Crippen molar-refractivity contribution in [1.29, 1.82) is 0 Å². The fourth-order valence-electron chi connectivity index (χ4n) is 3.79. The molecule has 0 saturated carbocycles. The predicted molar refractivity (Wildman–Crippen MR) is 138 cm³/mol. The van der Waals surface area contributed by atoms with Crippen LogP contribution >= 0.6 is 0 Å². The van der Waals surface area contributed by atoms with Crippen LogP contribution in [0.2, 0.25) is 0 Å². The molecule has 1 unspecified atom stereocenters. The number of hydrogen-bond acceptors (Lipinski definition) is 5. The van der Waals surface area contributed by atoms with E-state index < -0.39 is 15.9 Å². The number of ether oxygens (including phenoxy) is 2. The summed E-state index contributed by atoms with van der Waals surface area (Å²) in [6, 6.07) is 20.5. The summed E-state index contributed by atoms with van der Waals surface area (Å²) in [5, 5.41) is 2.98.